The number of alkyl carbamates (subject to hydrolysis) is 1. The molecule has 0 aromatic rings. The molecule has 7 nitrogen and oxygen atoms in total. The number of hydrogen-bond donors (Lipinski definition) is 2. The van der Waals surface area contributed by atoms with E-state index >= 15 is 0 Å². The fourth-order valence-electron chi connectivity index (χ4n) is 1.86. The number of nitrogens with one attached hydrogen (secondary N) is 1. The molecule has 1 heterocycles. The second-order valence-corrected chi connectivity index (χ2v) is 5.90. The zero-order valence-electron chi connectivity index (χ0n) is 12.0. The van der Waals surface area contributed by atoms with Gasteiger partial charge in [0.1, 0.15) is 11.6 Å². The van der Waals surface area contributed by atoms with Gasteiger partial charge in [-0.2, -0.15) is 0 Å². The first-order chi connectivity index (χ1) is 9.14. The molecule has 2 N–H and O–H groups in total. The third-order valence-corrected chi connectivity index (χ3v) is 2.96. The van der Waals surface area contributed by atoms with Crippen molar-refractivity contribution in [3.63, 3.8) is 0 Å². The summed E-state index contributed by atoms with van der Waals surface area (Å²) in [4.78, 5) is 24.7. The van der Waals surface area contributed by atoms with E-state index in [4.69, 9.17) is 17.0 Å². The van der Waals surface area contributed by atoms with E-state index in [1.165, 1.54) is 12.0 Å². The van der Waals surface area contributed by atoms with Gasteiger partial charge >= 0.3 is 12.1 Å². The number of ether oxygens (including phenoxy) is 2. The van der Waals surface area contributed by atoms with Crippen LogP contribution in [0.1, 0.15) is 27.2 Å². The Morgan fingerprint density at radius 2 is 2.00 bits per heavy atom. The summed E-state index contributed by atoms with van der Waals surface area (Å²) in [5.41, 5.74) is -0.647. The van der Waals surface area contributed by atoms with Crippen LogP contribution in [0.15, 0.2) is 0 Å². The van der Waals surface area contributed by atoms with Gasteiger partial charge in [0.15, 0.2) is 5.11 Å². The van der Waals surface area contributed by atoms with Crippen molar-refractivity contribution >= 4 is 29.4 Å². The van der Waals surface area contributed by atoms with Crippen molar-refractivity contribution in [3.8, 4) is 0 Å². The van der Waals surface area contributed by atoms with Crippen LogP contribution in [0.2, 0.25) is 0 Å². The van der Waals surface area contributed by atoms with Crippen molar-refractivity contribution in [3.05, 3.63) is 0 Å². The molecule has 0 saturated carbocycles. The molecular formula is C12H20N2O5S. The number of hydrogen-bond acceptors (Lipinski definition) is 6. The molecule has 1 fully saturated rings. The third kappa shape index (κ3) is 4.61. The number of aliphatic hydroxyl groups is 1. The summed E-state index contributed by atoms with van der Waals surface area (Å²) in [6, 6.07) is -0.697. The normalized spacial score (nSPS) is 22.4. The second kappa shape index (κ2) is 6.36. The lowest BCUT2D eigenvalue weighted by Crippen LogP contribution is -2.49. The Morgan fingerprint density at radius 3 is 2.50 bits per heavy atom. The highest BCUT2D eigenvalue weighted by molar-refractivity contribution is 7.80. The van der Waals surface area contributed by atoms with Gasteiger partial charge in [0, 0.05) is 13.0 Å². The summed E-state index contributed by atoms with van der Waals surface area (Å²) in [5, 5.41) is 12.0. The van der Waals surface area contributed by atoms with Crippen molar-refractivity contribution in [1.82, 2.24) is 10.2 Å². The smallest absolute Gasteiger partial charge is 0.413 e. The molecule has 0 aliphatic carbocycles. The molecule has 1 aliphatic heterocycles. The summed E-state index contributed by atoms with van der Waals surface area (Å²) < 4.78 is 9.73. The van der Waals surface area contributed by atoms with E-state index < -0.39 is 29.8 Å². The first kappa shape index (κ1) is 16.6. The SMILES string of the molecule is COC(=O)[C@@H]1C[C@@H](O)CN1C(=S)NC(=O)OC(C)(C)C. The van der Waals surface area contributed by atoms with Crippen molar-refractivity contribution in [1.29, 1.82) is 0 Å². The number of esters is 1. The Kier molecular flexibility index (Phi) is 5.29. The van der Waals surface area contributed by atoms with Crippen LogP contribution in [0.25, 0.3) is 0 Å². The van der Waals surface area contributed by atoms with Gasteiger partial charge in [-0.05, 0) is 33.0 Å². The van der Waals surface area contributed by atoms with E-state index in [0.717, 1.165) is 0 Å². The lowest BCUT2D eigenvalue weighted by Gasteiger charge is -2.26. The van der Waals surface area contributed by atoms with E-state index in [-0.39, 0.29) is 18.1 Å². The van der Waals surface area contributed by atoms with Crippen LogP contribution in [0.5, 0.6) is 0 Å². The number of amides is 1. The fourth-order valence-corrected chi connectivity index (χ4v) is 2.15. The maximum absolute atomic E-state index is 11.6. The van der Waals surface area contributed by atoms with Crippen LogP contribution in [0.4, 0.5) is 4.79 Å². The van der Waals surface area contributed by atoms with Gasteiger partial charge in [-0.15, -0.1) is 0 Å². The minimum atomic E-state index is -0.701. The first-order valence-corrected chi connectivity index (χ1v) is 6.61. The Morgan fingerprint density at radius 1 is 1.40 bits per heavy atom. The monoisotopic (exact) mass is 304 g/mol. The summed E-state index contributed by atoms with van der Waals surface area (Å²) in [6.07, 6.45) is -1.19. The summed E-state index contributed by atoms with van der Waals surface area (Å²) in [7, 11) is 1.26. The van der Waals surface area contributed by atoms with Gasteiger partial charge in [-0.3, -0.25) is 5.32 Å². The van der Waals surface area contributed by atoms with Gasteiger partial charge in [0.05, 0.1) is 13.2 Å². The van der Waals surface area contributed by atoms with Gasteiger partial charge in [0.2, 0.25) is 0 Å². The van der Waals surface area contributed by atoms with Crippen molar-refractivity contribution < 1.29 is 24.2 Å². The van der Waals surface area contributed by atoms with Crippen LogP contribution in [-0.4, -0.2) is 58.6 Å². The molecule has 8 heteroatoms. The first-order valence-electron chi connectivity index (χ1n) is 6.20. The summed E-state index contributed by atoms with van der Waals surface area (Å²) in [6.45, 7) is 5.35. The molecular weight excluding hydrogens is 284 g/mol. The molecule has 0 bridgehead atoms. The van der Waals surface area contributed by atoms with E-state index in [0.29, 0.717) is 0 Å². The number of carbonyl (C=O) groups is 2. The molecule has 1 rings (SSSR count). The summed E-state index contributed by atoms with van der Waals surface area (Å²) >= 11 is 5.07. The second-order valence-electron chi connectivity index (χ2n) is 5.51. The van der Waals surface area contributed by atoms with Gasteiger partial charge < -0.3 is 19.5 Å². The number of nitrogens with zero attached hydrogens (tertiary/aromatic N) is 1. The number of methoxy groups -OCH3 is 1. The van der Waals surface area contributed by atoms with Gasteiger partial charge in [-0.25, -0.2) is 9.59 Å². The predicted molar refractivity (Wildman–Crippen MR) is 75.1 cm³/mol. The van der Waals surface area contributed by atoms with Gasteiger partial charge in [-0.1, -0.05) is 0 Å². The number of likely N-dealkylation sites (tertiary alicyclic amines) is 1. The number of aliphatic hydroxyl groups excluding tert-OH is 1. The van der Waals surface area contributed by atoms with Crippen LogP contribution in [0, 0.1) is 0 Å². The van der Waals surface area contributed by atoms with Crippen LogP contribution in [-0.2, 0) is 14.3 Å². The highest BCUT2D eigenvalue weighted by Gasteiger charge is 2.38. The Hall–Kier alpha value is -1.41. The minimum Gasteiger partial charge on any atom is -0.467 e. The number of thiocarbonyl (C=S) groups is 1. The predicted octanol–water partition coefficient (Wildman–Crippen LogP) is 0.404. The zero-order valence-corrected chi connectivity index (χ0v) is 12.8. The molecule has 1 aliphatic rings. The minimum absolute atomic E-state index is 0.0335. The molecule has 20 heavy (non-hydrogen) atoms. The Balaban J connectivity index is 2.66. The maximum atomic E-state index is 11.6. The van der Waals surface area contributed by atoms with Crippen molar-refractivity contribution in [2.45, 2.75) is 44.9 Å². The van der Waals surface area contributed by atoms with Crippen LogP contribution in [0.3, 0.4) is 0 Å². The topological polar surface area (TPSA) is 88.1 Å². The molecule has 0 spiro atoms. The largest absolute Gasteiger partial charge is 0.467 e. The summed E-state index contributed by atoms with van der Waals surface area (Å²) in [5.74, 6) is -0.505. The number of carbonyl (C=O) groups excluding carboxylic acids is 2. The molecule has 114 valence electrons. The fraction of sp³-hybridized carbons (Fsp3) is 0.750. The molecule has 0 aromatic carbocycles. The molecule has 1 saturated heterocycles. The van der Waals surface area contributed by atoms with E-state index in [1.807, 2.05) is 0 Å². The van der Waals surface area contributed by atoms with Crippen molar-refractivity contribution in [2.24, 2.45) is 0 Å². The van der Waals surface area contributed by atoms with E-state index in [2.05, 4.69) is 10.1 Å². The third-order valence-electron chi connectivity index (χ3n) is 2.62. The van der Waals surface area contributed by atoms with Crippen molar-refractivity contribution in [2.75, 3.05) is 13.7 Å². The molecule has 2 atom stereocenters. The lowest BCUT2D eigenvalue weighted by atomic mass is 10.2. The number of β-amino-alcohol motifs (C(OH)–C–C–N with tert-alkyl or cyclic N) is 1. The quantitative estimate of drug-likeness (QED) is 0.535. The average molecular weight is 304 g/mol. The average Bonchev–Trinajstić information content (AvgIpc) is 2.67. The van der Waals surface area contributed by atoms with E-state index in [9.17, 15) is 14.7 Å². The molecule has 0 radical (unpaired) electrons. The Labute approximate surface area is 123 Å². The zero-order chi connectivity index (χ0) is 15.5. The maximum Gasteiger partial charge on any atom is 0.413 e. The van der Waals surface area contributed by atoms with Crippen LogP contribution >= 0.6 is 12.2 Å². The molecule has 0 aromatic heterocycles. The number of rotatable bonds is 1. The lowest BCUT2D eigenvalue weighted by molar-refractivity contribution is -0.144. The highest BCUT2D eigenvalue weighted by Crippen LogP contribution is 2.19. The Bertz CT molecular complexity index is 407. The molecule has 1 amide bonds. The van der Waals surface area contributed by atoms with Gasteiger partial charge in [0.25, 0.3) is 0 Å². The highest BCUT2D eigenvalue weighted by atomic mass is 32.1. The molecule has 0 unspecified atom stereocenters. The standard InChI is InChI=1S/C12H20N2O5S/c1-12(2,3)19-11(17)13-10(20)14-6-7(15)5-8(14)9(16)18-4/h7-8,15H,5-6H2,1-4H3,(H,13,17,20)/t7-,8+/m1/s1. The van der Waals surface area contributed by atoms with Crippen LogP contribution < -0.4 is 5.32 Å². The van der Waals surface area contributed by atoms with E-state index in [1.54, 1.807) is 20.8 Å².